The molecule has 0 radical (unpaired) electrons. The van der Waals surface area contributed by atoms with Gasteiger partial charge in [-0.05, 0) is 56.3 Å². The van der Waals surface area contributed by atoms with E-state index in [4.69, 9.17) is 0 Å². The van der Waals surface area contributed by atoms with Gasteiger partial charge in [0.2, 0.25) is 5.88 Å². The molecular weight excluding hydrogens is 425 g/mol. The summed E-state index contributed by atoms with van der Waals surface area (Å²) in [5, 5.41) is 10.5. The van der Waals surface area contributed by atoms with Crippen LogP contribution in [0.15, 0.2) is 63.1 Å². The number of nitrogens with zero attached hydrogens (tertiary/aromatic N) is 3. The van der Waals surface area contributed by atoms with E-state index >= 15 is 0 Å². The maximum absolute atomic E-state index is 13.0. The smallest absolute Gasteiger partial charge is 0.416 e. The zero-order chi connectivity index (χ0) is 23.5. The van der Waals surface area contributed by atoms with Gasteiger partial charge < -0.3 is 10.0 Å². The summed E-state index contributed by atoms with van der Waals surface area (Å²) in [6.45, 7) is 5.73. The van der Waals surface area contributed by atoms with E-state index in [-0.39, 0.29) is 11.3 Å². The highest BCUT2D eigenvalue weighted by Gasteiger charge is 2.31. The van der Waals surface area contributed by atoms with E-state index < -0.39 is 28.9 Å². The van der Waals surface area contributed by atoms with Crippen LogP contribution in [0.4, 0.5) is 24.5 Å². The summed E-state index contributed by atoms with van der Waals surface area (Å²) in [5.74, 6) is -0.818. The van der Waals surface area contributed by atoms with Crippen molar-refractivity contribution >= 4 is 17.6 Å². The molecule has 0 atom stereocenters. The number of rotatable bonds is 6. The second kappa shape index (κ2) is 9.13. The number of anilines is 1. The maximum atomic E-state index is 13.0. The second-order valence-electron chi connectivity index (χ2n) is 6.83. The molecule has 1 heterocycles. The summed E-state index contributed by atoms with van der Waals surface area (Å²) >= 11 is 0. The third-order valence-corrected chi connectivity index (χ3v) is 4.87. The Labute approximate surface area is 181 Å². The topological polar surface area (TPSA) is 90.7 Å². The highest BCUT2D eigenvalue weighted by atomic mass is 19.4. The fourth-order valence-electron chi connectivity index (χ4n) is 3.19. The molecule has 1 aromatic heterocycles. The molecule has 0 aliphatic rings. The number of alkyl halides is 3. The van der Waals surface area contributed by atoms with Gasteiger partial charge in [-0.25, -0.2) is 9.36 Å². The minimum Gasteiger partial charge on any atom is -0.493 e. The van der Waals surface area contributed by atoms with E-state index in [1.807, 2.05) is 31.0 Å². The van der Waals surface area contributed by atoms with Gasteiger partial charge in [-0.1, -0.05) is 6.07 Å². The van der Waals surface area contributed by atoms with Crippen LogP contribution in [0.1, 0.15) is 25.0 Å². The van der Waals surface area contributed by atoms with E-state index in [0.717, 1.165) is 37.1 Å². The third-order valence-electron chi connectivity index (χ3n) is 4.87. The SMILES string of the molecule is CCN(CC)c1ccc(N=Cc2c(O)n(-c3cccc(C(F)(F)F)c3)c(=O)[nH]c2=O)cc1. The van der Waals surface area contributed by atoms with Gasteiger partial charge in [0.25, 0.3) is 5.56 Å². The lowest BCUT2D eigenvalue weighted by molar-refractivity contribution is -0.137. The monoisotopic (exact) mass is 446 g/mol. The number of hydrogen-bond acceptors (Lipinski definition) is 5. The number of H-pyrrole nitrogens is 1. The van der Waals surface area contributed by atoms with Crippen molar-refractivity contribution in [2.45, 2.75) is 20.0 Å². The first-order valence-corrected chi connectivity index (χ1v) is 9.80. The molecule has 0 saturated carbocycles. The molecule has 0 aliphatic heterocycles. The summed E-state index contributed by atoms with van der Waals surface area (Å²) in [4.78, 5) is 32.7. The molecule has 0 unspecified atom stereocenters. The standard InChI is InChI=1S/C22H21F3N4O3/c1-3-28(4-2)16-10-8-15(9-11-16)26-13-18-19(30)27-21(32)29(20(18)31)17-7-5-6-14(12-17)22(23,24)25/h5-13,31H,3-4H2,1-2H3,(H,27,30,32). The van der Waals surface area contributed by atoms with Gasteiger partial charge in [-0.3, -0.25) is 14.8 Å². The molecule has 2 aromatic carbocycles. The van der Waals surface area contributed by atoms with Crippen LogP contribution in [0.2, 0.25) is 0 Å². The van der Waals surface area contributed by atoms with Crippen LogP contribution in [0, 0.1) is 0 Å². The molecule has 0 bridgehead atoms. The van der Waals surface area contributed by atoms with Crippen molar-refractivity contribution in [1.82, 2.24) is 9.55 Å². The largest absolute Gasteiger partial charge is 0.493 e. The molecule has 32 heavy (non-hydrogen) atoms. The van der Waals surface area contributed by atoms with Crippen LogP contribution in [0.25, 0.3) is 5.69 Å². The van der Waals surface area contributed by atoms with Crippen molar-refractivity contribution < 1.29 is 18.3 Å². The lowest BCUT2D eigenvalue weighted by atomic mass is 10.2. The molecule has 7 nitrogen and oxygen atoms in total. The summed E-state index contributed by atoms with van der Waals surface area (Å²) < 4.78 is 39.7. The average Bonchev–Trinajstić information content (AvgIpc) is 2.75. The lowest BCUT2D eigenvalue weighted by Crippen LogP contribution is -2.31. The average molecular weight is 446 g/mol. The number of halogens is 3. The van der Waals surface area contributed by atoms with Gasteiger partial charge in [0.15, 0.2) is 0 Å². The van der Waals surface area contributed by atoms with E-state index in [0.29, 0.717) is 16.3 Å². The fraction of sp³-hybridized carbons (Fsp3) is 0.227. The Balaban J connectivity index is 2.01. The van der Waals surface area contributed by atoms with Crippen LogP contribution in [0.3, 0.4) is 0 Å². The number of hydrogen-bond donors (Lipinski definition) is 2. The van der Waals surface area contributed by atoms with Gasteiger partial charge in [0, 0.05) is 25.0 Å². The van der Waals surface area contributed by atoms with Gasteiger partial charge >= 0.3 is 11.9 Å². The number of nitrogens with one attached hydrogen (secondary N) is 1. The number of benzene rings is 2. The number of aromatic amines is 1. The lowest BCUT2D eigenvalue weighted by Gasteiger charge is -2.20. The normalized spacial score (nSPS) is 11.8. The van der Waals surface area contributed by atoms with Crippen molar-refractivity contribution in [2.24, 2.45) is 4.99 Å². The first kappa shape index (κ1) is 22.9. The summed E-state index contributed by atoms with van der Waals surface area (Å²) in [6, 6.07) is 11.0. The Morgan fingerprint density at radius 1 is 1.09 bits per heavy atom. The number of aromatic nitrogens is 2. The molecule has 0 aliphatic carbocycles. The van der Waals surface area contributed by atoms with Crippen molar-refractivity contribution in [2.75, 3.05) is 18.0 Å². The highest BCUT2D eigenvalue weighted by Crippen LogP contribution is 2.30. The molecule has 10 heteroatoms. The summed E-state index contributed by atoms with van der Waals surface area (Å²) in [5.41, 5.74) is -2.14. The van der Waals surface area contributed by atoms with E-state index in [9.17, 15) is 27.9 Å². The summed E-state index contributed by atoms with van der Waals surface area (Å²) in [6.07, 6.45) is -3.58. The number of aliphatic imine (C=N–C) groups is 1. The van der Waals surface area contributed by atoms with Crippen LogP contribution < -0.4 is 16.1 Å². The van der Waals surface area contributed by atoms with Crippen LogP contribution in [0.5, 0.6) is 5.88 Å². The predicted octanol–water partition coefficient (Wildman–Crippen LogP) is 3.85. The van der Waals surface area contributed by atoms with Gasteiger partial charge in [0.1, 0.15) is 5.56 Å². The molecule has 2 N–H and O–H groups in total. The Morgan fingerprint density at radius 3 is 2.34 bits per heavy atom. The quantitative estimate of drug-likeness (QED) is 0.563. The van der Waals surface area contributed by atoms with Gasteiger partial charge in [0.05, 0.1) is 16.9 Å². The first-order valence-electron chi connectivity index (χ1n) is 9.80. The van der Waals surface area contributed by atoms with Crippen molar-refractivity contribution in [3.63, 3.8) is 0 Å². The molecule has 0 saturated heterocycles. The van der Waals surface area contributed by atoms with Crippen molar-refractivity contribution in [3.05, 3.63) is 80.5 Å². The first-order chi connectivity index (χ1) is 15.2. The Kier molecular flexibility index (Phi) is 6.52. The Hall–Kier alpha value is -3.82. The van der Waals surface area contributed by atoms with Gasteiger partial charge in [-0.15, -0.1) is 0 Å². The van der Waals surface area contributed by atoms with E-state index in [1.165, 1.54) is 6.07 Å². The molecule has 3 aromatic rings. The van der Waals surface area contributed by atoms with Gasteiger partial charge in [-0.2, -0.15) is 13.2 Å². The summed E-state index contributed by atoms with van der Waals surface area (Å²) in [7, 11) is 0. The van der Waals surface area contributed by atoms with Crippen molar-refractivity contribution in [3.8, 4) is 11.6 Å². The van der Waals surface area contributed by atoms with Crippen LogP contribution >= 0.6 is 0 Å². The fourth-order valence-corrected chi connectivity index (χ4v) is 3.19. The maximum Gasteiger partial charge on any atom is 0.416 e. The Bertz CT molecular complexity index is 1240. The third kappa shape index (κ3) is 4.74. The molecule has 3 rings (SSSR count). The van der Waals surface area contributed by atoms with Crippen LogP contribution in [-0.4, -0.2) is 34.0 Å². The van der Waals surface area contributed by atoms with E-state index in [2.05, 4.69) is 9.89 Å². The zero-order valence-electron chi connectivity index (χ0n) is 17.3. The molecule has 0 spiro atoms. The molecule has 168 valence electrons. The predicted molar refractivity (Wildman–Crippen MR) is 117 cm³/mol. The second-order valence-corrected chi connectivity index (χ2v) is 6.83. The Morgan fingerprint density at radius 2 is 1.75 bits per heavy atom. The minimum atomic E-state index is -4.64. The van der Waals surface area contributed by atoms with Crippen LogP contribution in [-0.2, 0) is 6.18 Å². The molecular formula is C22H21F3N4O3. The minimum absolute atomic E-state index is 0.253. The molecule has 0 amide bonds. The van der Waals surface area contributed by atoms with E-state index in [1.54, 1.807) is 12.1 Å². The van der Waals surface area contributed by atoms with Crippen molar-refractivity contribution in [1.29, 1.82) is 0 Å². The zero-order valence-corrected chi connectivity index (χ0v) is 17.3. The number of aromatic hydroxyl groups is 1. The highest BCUT2D eigenvalue weighted by molar-refractivity contribution is 5.84. The molecule has 0 fully saturated rings.